The van der Waals surface area contributed by atoms with E-state index in [4.69, 9.17) is 0 Å². The third-order valence-electron chi connectivity index (χ3n) is 4.33. The standard InChI is InChI=1S/C17H23N3O2S2/c1-11-4-12(2)7-19(6-11)16(22)10-23-9-14-5-15(21)20-13(3)8-24-17(20)18-14/h5,8,11-12H,4,6-7,9-10H2,1-3H3/t11-,12-/m0/s1. The Balaban J connectivity index is 1.58. The summed E-state index contributed by atoms with van der Waals surface area (Å²) in [5.41, 5.74) is 1.62. The number of nitrogens with zero attached hydrogens (tertiary/aromatic N) is 3. The van der Waals surface area contributed by atoms with Gasteiger partial charge in [-0.2, -0.15) is 0 Å². The highest BCUT2D eigenvalue weighted by Gasteiger charge is 2.25. The van der Waals surface area contributed by atoms with E-state index in [0.717, 1.165) is 29.4 Å². The van der Waals surface area contributed by atoms with E-state index >= 15 is 0 Å². The summed E-state index contributed by atoms with van der Waals surface area (Å²) in [4.78, 5) is 31.8. The molecule has 0 saturated carbocycles. The lowest BCUT2D eigenvalue weighted by molar-refractivity contribution is -0.130. The Morgan fingerprint density at radius 3 is 2.79 bits per heavy atom. The molecule has 0 bridgehead atoms. The lowest BCUT2D eigenvalue weighted by Gasteiger charge is -2.35. The lowest BCUT2D eigenvalue weighted by atomic mass is 9.92. The van der Waals surface area contributed by atoms with Crippen LogP contribution < -0.4 is 5.56 Å². The molecule has 5 nitrogen and oxygen atoms in total. The fourth-order valence-corrected chi connectivity index (χ4v) is 5.08. The van der Waals surface area contributed by atoms with Crippen molar-refractivity contribution in [3.05, 3.63) is 33.2 Å². The van der Waals surface area contributed by atoms with Crippen molar-refractivity contribution in [3.8, 4) is 0 Å². The van der Waals surface area contributed by atoms with Crippen molar-refractivity contribution in [1.82, 2.24) is 14.3 Å². The molecule has 3 heterocycles. The second-order valence-electron chi connectivity index (χ2n) is 6.82. The normalized spacial score (nSPS) is 21.4. The Kier molecular flexibility index (Phi) is 5.30. The molecule has 0 N–H and O–H groups in total. The Hall–Kier alpha value is -1.34. The number of aryl methyl sites for hydroxylation is 1. The molecule has 0 unspecified atom stereocenters. The molecule has 2 atom stereocenters. The number of hydrogen-bond donors (Lipinski definition) is 0. The molecule has 130 valence electrons. The van der Waals surface area contributed by atoms with Gasteiger partial charge in [-0.3, -0.25) is 14.0 Å². The Bertz CT molecular complexity index is 789. The molecule has 0 spiro atoms. The highest BCUT2D eigenvalue weighted by Crippen LogP contribution is 2.22. The molecule has 1 saturated heterocycles. The molecule has 0 radical (unpaired) electrons. The van der Waals surface area contributed by atoms with E-state index in [-0.39, 0.29) is 11.5 Å². The lowest BCUT2D eigenvalue weighted by Crippen LogP contribution is -2.43. The van der Waals surface area contributed by atoms with Gasteiger partial charge in [-0.25, -0.2) is 4.98 Å². The van der Waals surface area contributed by atoms with Crippen molar-refractivity contribution in [3.63, 3.8) is 0 Å². The molecular formula is C17H23N3O2S2. The Labute approximate surface area is 150 Å². The van der Waals surface area contributed by atoms with E-state index in [1.165, 1.54) is 29.5 Å². The van der Waals surface area contributed by atoms with Gasteiger partial charge in [0.25, 0.3) is 5.56 Å². The molecule has 2 aromatic rings. The zero-order valence-electron chi connectivity index (χ0n) is 14.3. The number of fused-ring (bicyclic) bond motifs is 1. The molecule has 1 fully saturated rings. The van der Waals surface area contributed by atoms with Gasteiger partial charge in [0.2, 0.25) is 5.91 Å². The van der Waals surface area contributed by atoms with Crippen LogP contribution in [0, 0.1) is 18.8 Å². The van der Waals surface area contributed by atoms with Crippen molar-refractivity contribution in [2.75, 3.05) is 18.8 Å². The second kappa shape index (κ2) is 7.27. The number of aromatic nitrogens is 2. The molecule has 0 aliphatic carbocycles. The van der Waals surface area contributed by atoms with Gasteiger partial charge in [0.1, 0.15) is 0 Å². The summed E-state index contributed by atoms with van der Waals surface area (Å²) in [6.07, 6.45) is 1.20. The average Bonchev–Trinajstić information content (AvgIpc) is 2.88. The Morgan fingerprint density at radius 1 is 1.38 bits per heavy atom. The number of hydrogen-bond acceptors (Lipinski definition) is 5. The highest BCUT2D eigenvalue weighted by molar-refractivity contribution is 7.99. The van der Waals surface area contributed by atoms with Gasteiger partial charge in [-0.15, -0.1) is 23.1 Å². The summed E-state index contributed by atoms with van der Waals surface area (Å²) in [6, 6.07) is 1.58. The molecule has 1 aliphatic rings. The SMILES string of the molecule is Cc1csc2nc(CSCC(=O)N3C[C@@H](C)C[C@H](C)C3)cc(=O)n12. The molecule has 24 heavy (non-hydrogen) atoms. The maximum Gasteiger partial charge on any atom is 0.258 e. The summed E-state index contributed by atoms with van der Waals surface area (Å²) in [5.74, 6) is 2.39. The molecule has 1 amide bonds. The van der Waals surface area contributed by atoms with Crippen LogP contribution in [0.4, 0.5) is 0 Å². The van der Waals surface area contributed by atoms with E-state index < -0.39 is 0 Å². The van der Waals surface area contributed by atoms with E-state index in [2.05, 4.69) is 18.8 Å². The van der Waals surface area contributed by atoms with E-state index in [9.17, 15) is 9.59 Å². The largest absolute Gasteiger partial charge is 0.341 e. The van der Waals surface area contributed by atoms with Gasteiger partial charge in [-0.1, -0.05) is 13.8 Å². The topological polar surface area (TPSA) is 54.7 Å². The molecule has 0 aromatic carbocycles. The zero-order chi connectivity index (χ0) is 17.3. The monoisotopic (exact) mass is 365 g/mol. The number of carbonyl (C=O) groups excluding carboxylic acids is 1. The minimum atomic E-state index is -0.0423. The number of thiazole rings is 1. The smallest absolute Gasteiger partial charge is 0.258 e. The molecule has 3 rings (SSSR count). The van der Waals surface area contributed by atoms with Gasteiger partial charge in [0, 0.05) is 36.0 Å². The van der Waals surface area contributed by atoms with Crippen LogP contribution in [-0.4, -0.2) is 39.0 Å². The van der Waals surface area contributed by atoms with Crippen molar-refractivity contribution in [1.29, 1.82) is 0 Å². The summed E-state index contributed by atoms with van der Waals surface area (Å²) >= 11 is 3.01. The van der Waals surface area contributed by atoms with Crippen LogP contribution in [0.15, 0.2) is 16.2 Å². The fraction of sp³-hybridized carbons (Fsp3) is 0.588. The van der Waals surface area contributed by atoms with Crippen molar-refractivity contribution < 1.29 is 4.79 Å². The average molecular weight is 366 g/mol. The van der Waals surface area contributed by atoms with Gasteiger partial charge in [0.15, 0.2) is 4.96 Å². The first kappa shape index (κ1) is 17.5. The molecule has 2 aromatic heterocycles. The number of thioether (sulfide) groups is 1. The van der Waals surface area contributed by atoms with Crippen molar-refractivity contribution in [2.45, 2.75) is 32.9 Å². The minimum Gasteiger partial charge on any atom is -0.341 e. The summed E-state index contributed by atoms with van der Waals surface area (Å²) in [6.45, 7) is 8.05. The first-order chi connectivity index (χ1) is 11.4. The van der Waals surface area contributed by atoms with Crippen molar-refractivity contribution in [2.24, 2.45) is 11.8 Å². The molecule has 7 heteroatoms. The predicted octanol–water partition coefficient (Wildman–Crippen LogP) is 2.80. The minimum absolute atomic E-state index is 0.0423. The third kappa shape index (κ3) is 3.83. The number of carbonyl (C=O) groups is 1. The molecular weight excluding hydrogens is 342 g/mol. The number of amides is 1. The second-order valence-corrected chi connectivity index (χ2v) is 8.64. The van der Waals surface area contributed by atoms with Crippen LogP contribution in [0.3, 0.4) is 0 Å². The van der Waals surface area contributed by atoms with E-state index in [0.29, 0.717) is 23.3 Å². The van der Waals surface area contributed by atoms with E-state index in [1.807, 2.05) is 17.2 Å². The summed E-state index contributed by atoms with van der Waals surface area (Å²) < 4.78 is 1.63. The Morgan fingerprint density at radius 2 is 2.08 bits per heavy atom. The van der Waals surface area contributed by atoms with Crippen LogP contribution in [0.2, 0.25) is 0 Å². The summed E-state index contributed by atoms with van der Waals surface area (Å²) in [5, 5.41) is 1.93. The number of piperidine rings is 1. The van der Waals surface area contributed by atoms with Crippen LogP contribution in [-0.2, 0) is 10.5 Å². The van der Waals surface area contributed by atoms with E-state index in [1.54, 1.807) is 10.5 Å². The predicted molar refractivity (Wildman–Crippen MR) is 99.8 cm³/mol. The summed E-state index contributed by atoms with van der Waals surface area (Å²) in [7, 11) is 0. The van der Waals surface area contributed by atoms with Gasteiger partial charge in [-0.05, 0) is 25.2 Å². The van der Waals surface area contributed by atoms with Crippen LogP contribution in [0.1, 0.15) is 31.7 Å². The van der Waals surface area contributed by atoms with Crippen LogP contribution in [0.25, 0.3) is 4.96 Å². The van der Waals surface area contributed by atoms with Crippen LogP contribution in [0.5, 0.6) is 0 Å². The molecule has 1 aliphatic heterocycles. The number of rotatable bonds is 4. The zero-order valence-corrected chi connectivity index (χ0v) is 16.0. The first-order valence-corrected chi connectivity index (χ1v) is 10.3. The highest BCUT2D eigenvalue weighted by atomic mass is 32.2. The van der Waals surface area contributed by atoms with Crippen molar-refractivity contribution >= 4 is 34.0 Å². The van der Waals surface area contributed by atoms with Crippen LogP contribution >= 0.6 is 23.1 Å². The van der Waals surface area contributed by atoms with Gasteiger partial charge >= 0.3 is 0 Å². The number of likely N-dealkylation sites (tertiary alicyclic amines) is 1. The van der Waals surface area contributed by atoms with Gasteiger partial charge < -0.3 is 4.90 Å². The third-order valence-corrected chi connectivity index (χ3v) is 6.22. The van der Waals surface area contributed by atoms with Gasteiger partial charge in [0.05, 0.1) is 11.4 Å². The first-order valence-electron chi connectivity index (χ1n) is 8.26. The maximum absolute atomic E-state index is 12.4. The maximum atomic E-state index is 12.4. The quantitative estimate of drug-likeness (QED) is 0.836. The fourth-order valence-electron chi connectivity index (χ4n) is 3.38.